The molecule has 0 aliphatic carbocycles. The van der Waals surface area contributed by atoms with Gasteiger partial charge in [-0.2, -0.15) is 0 Å². The van der Waals surface area contributed by atoms with Gasteiger partial charge in [0.25, 0.3) is 0 Å². The van der Waals surface area contributed by atoms with Crippen LogP contribution in [0.25, 0.3) is 21.9 Å². The average molecular weight is 559 g/mol. The fourth-order valence-corrected chi connectivity index (χ4v) is 5.38. The third kappa shape index (κ3) is 7.78. The summed E-state index contributed by atoms with van der Waals surface area (Å²) < 4.78 is 81.5. The van der Waals surface area contributed by atoms with Gasteiger partial charge in [-0.1, -0.05) is 0 Å². The standard InChI is InChI=1S/C23H30N2O10S2/c1-31-11-13-33-9-7-24-36(27,28)17-3-5-21-19(15-17)23(26)20-16-18(4-6-22(20)35-21)37(29,30)25-8-10-34-14-12-32-2/h3-6,15-16,24-25H,7-14H2,1-2H3. The van der Waals surface area contributed by atoms with Crippen molar-refractivity contribution in [2.24, 2.45) is 0 Å². The molecule has 0 fully saturated rings. The van der Waals surface area contributed by atoms with Gasteiger partial charge in [0.2, 0.25) is 25.5 Å². The first-order chi connectivity index (χ1) is 17.7. The first kappa shape index (κ1) is 29.1. The maximum absolute atomic E-state index is 13.2. The van der Waals surface area contributed by atoms with Crippen LogP contribution in [0.5, 0.6) is 0 Å². The van der Waals surface area contributed by atoms with Crippen LogP contribution < -0.4 is 14.9 Å². The molecule has 204 valence electrons. The van der Waals surface area contributed by atoms with Gasteiger partial charge in [-0.05, 0) is 36.4 Å². The van der Waals surface area contributed by atoms with E-state index in [9.17, 15) is 21.6 Å². The number of sulfonamides is 2. The highest BCUT2D eigenvalue weighted by Crippen LogP contribution is 2.23. The quantitative estimate of drug-likeness (QED) is 0.190. The Morgan fingerprint density at radius 1 is 0.676 bits per heavy atom. The molecule has 1 heterocycles. The van der Waals surface area contributed by atoms with Gasteiger partial charge < -0.3 is 23.4 Å². The summed E-state index contributed by atoms with van der Waals surface area (Å²) in [5.41, 5.74) is -0.223. The first-order valence-electron chi connectivity index (χ1n) is 11.3. The second-order valence-corrected chi connectivity index (χ2v) is 11.3. The predicted octanol–water partition coefficient (Wildman–Crippen LogP) is 0.829. The SMILES string of the molecule is COCCOCCNS(=O)(=O)c1ccc2oc3ccc(S(=O)(=O)NCCOCCOC)cc3c(=O)c2c1. The van der Waals surface area contributed by atoms with E-state index in [1.165, 1.54) is 50.6 Å². The molecule has 0 saturated heterocycles. The van der Waals surface area contributed by atoms with Crippen molar-refractivity contribution in [2.75, 3.05) is 67.0 Å². The average Bonchev–Trinajstić information content (AvgIpc) is 2.88. The molecule has 0 radical (unpaired) electrons. The Bertz CT molecular complexity index is 1360. The van der Waals surface area contributed by atoms with Crippen molar-refractivity contribution in [3.05, 3.63) is 46.6 Å². The number of ether oxygens (including phenoxy) is 4. The summed E-state index contributed by atoms with van der Waals surface area (Å²) in [7, 11) is -4.80. The molecule has 14 heteroatoms. The van der Waals surface area contributed by atoms with Gasteiger partial charge in [-0.15, -0.1) is 0 Å². The third-order valence-electron chi connectivity index (χ3n) is 5.17. The molecule has 0 spiro atoms. The molecule has 37 heavy (non-hydrogen) atoms. The van der Waals surface area contributed by atoms with E-state index in [0.29, 0.717) is 26.4 Å². The normalized spacial score (nSPS) is 12.5. The zero-order valence-electron chi connectivity index (χ0n) is 20.5. The van der Waals surface area contributed by atoms with E-state index in [2.05, 4.69) is 9.44 Å². The lowest BCUT2D eigenvalue weighted by molar-refractivity contribution is 0.0736. The lowest BCUT2D eigenvalue weighted by atomic mass is 10.1. The van der Waals surface area contributed by atoms with Crippen molar-refractivity contribution in [1.82, 2.24) is 9.44 Å². The molecule has 2 aromatic carbocycles. The van der Waals surface area contributed by atoms with Crippen LogP contribution in [-0.4, -0.2) is 83.8 Å². The van der Waals surface area contributed by atoms with Crippen LogP contribution in [0.15, 0.2) is 55.4 Å². The maximum atomic E-state index is 13.2. The predicted molar refractivity (Wildman–Crippen MR) is 136 cm³/mol. The van der Waals surface area contributed by atoms with Gasteiger partial charge in [0.05, 0.1) is 60.2 Å². The van der Waals surface area contributed by atoms with E-state index in [4.69, 9.17) is 23.4 Å². The van der Waals surface area contributed by atoms with E-state index in [-0.39, 0.29) is 58.0 Å². The number of fused-ring (bicyclic) bond motifs is 2. The van der Waals surface area contributed by atoms with E-state index in [1.54, 1.807) is 0 Å². The Morgan fingerprint density at radius 2 is 1.11 bits per heavy atom. The van der Waals surface area contributed by atoms with Gasteiger partial charge in [0.1, 0.15) is 11.2 Å². The summed E-state index contributed by atoms with van der Waals surface area (Å²) in [5.74, 6) is 0. The Kier molecular flexibility index (Phi) is 10.5. The number of hydrogen-bond donors (Lipinski definition) is 2. The molecular formula is C23H30N2O10S2. The first-order valence-corrected chi connectivity index (χ1v) is 14.3. The second-order valence-electron chi connectivity index (χ2n) is 7.75. The topological polar surface area (TPSA) is 159 Å². The van der Waals surface area contributed by atoms with Gasteiger partial charge in [0, 0.05) is 27.3 Å². The van der Waals surface area contributed by atoms with Crippen LogP contribution >= 0.6 is 0 Å². The minimum absolute atomic E-state index is 0.000713. The number of nitrogens with one attached hydrogen (secondary N) is 2. The van der Waals surface area contributed by atoms with Gasteiger partial charge in [-0.3, -0.25) is 4.79 Å². The Balaban J connectivity index is 1.81. The molecule has 0 bridgehead atoms. The van der Waals surface area contributed by atoms with E-state index >= 15 is 0 Å². The molecule has 3 rings (SSSR count). The number of benzene rings is 2. The molecule has 0 saturated carbocycles. The van der Waals surface area contributed by atoms with Gasteiger partial charge in [-0.25, -0.2) is 26.3 Å². The van der Waals surface area contributed by atoms with Crippen LogP contribution in [0.3, 0.4) is 0 Å². The summed E-state index contributed by atoms with van der Waals surface area (Å²) in [5, 5.41) is 0.00143. The Labute approximate surface area is 214 Å². The van der Waals surface area contributed by atoms with E-state index < -0.39 is 25.5 Å². The fraction of sp³-hybridized carbons (Fsp3) is 0.435. The molecule has 0 unspecified atom stereocenters. The van der Waals surface area contributed by atoms with Crippen LogP contribution in [0.1, 0.15) is 0 Å². The monoisotopic (exact) mass is 558 g/mol. The minimum atomic E-state index is -3.93. The Morgan fingerprint density at radius 3 is 1.51 bits per heavy atom. The summed E-state index contributed by atoms with van der Waals surface area (Å²) >= 11 is 0. The van der Waals surface area contributed by atoms with E-state index in [1.807, 2.05) is 0 Å². The summed E-state index contributed by atoms with van der Waals surface area (Å²) in [4.78, 5) is 12.9. The smallest absolute Gasteiger partial charge is 0.240 e. The number of hydrogen-bond acceptors (Lipinski definition) is 10. The van der Waals surface area contributed by atoms with E-state index in [0.717, 1.165) is 0 Å². The molecule has 0 atom stereocenters. The zero-order valence-corrected chi connectivity index (χ0v) is 22.2. The molecule has 2 N–H and O–H groups in total. The van der Waals surface area contributed by atoms with Crippen molar-refractivity contribution >= 4 is 42.0 Å². The molecule has 3 aromatic rings. The maximum Gasteiger partial charge on any atom is 0.240 e. The summed E-state index contributed by atoms with van der Waals surface area (Å²) in [6.45, 7) is 1.80. The number of methoxy groups -OCH3 is 2. The largest absolute Gasteiger partial charge is 0.456 e. The second kappa shape index (κ2) is 13.4. The molecule has 12 nitrogen and oxygen atoms in total. The number of rotatable bonds is 16. The minimum Gasteiger partial charge on any atom is -0.456 e. The van der Waals surface area contributed by atoms with Crippen LogP contribution in [-0.2, 0) is 39.0 Å². The fourth-order valence-electron chi connectivity index (χ4n) is 3.30. The van der Waals surface area contributed by atoms with Gasteiger partial charge in [0.15, 0.2) is 0 Å². The van der Waals surface area contributed by atoms with Crippen molar-refractivity contribution < 1.29 is 40.2 Å². The van der Waals surface area contributed by atoms with Crippen molar-refractivity contribution in [1.29, 1.82) is 0 Å². The van der Waals surface area contributed by atoms with Crippen LogP contribution in [0, 0.1) is 0 Å². The lowest BCUT2D eigenvalue weighted by Gasteiger charge is -2.10. The van der Waals surface area contributed by atoms with Crippen molar-refractivity contribution in [3.63, 3.8) is 0 Å². The van der Waals surface area contributed by atoms with Crippen LogP contribution in [0.4, 0.5) is 0 Å². The van der Waals surface area contributed by atoms with Crippen molar-refractivity contribution in [2.45, 2.75) is 9.79 Å². The summed E-state index contributed by atoms with van der Waals surface area (Å²) in [6, 6.07) is 7.81. The highest BCUT2D eigenvalue weighted by Gasteiger charge is 2.19. The van der Waals surface area contributed by atoms with Gasteiger partial charge >= 0.3 is 0 Å². The zero-order chi connectivity index (χ0) is 26.9. The molecular weight excluding hydrogens is 528 g/mol. The molecule has 1 aromatic heterocycles. The highest BCUT2D eigenvalue weighted by atomic mass is 32.2. The molecule has 0 aliphatic heterocycles. The lowest BCUT2D eigenvalue weighted by Crippen LogP contribution is -2.28. The summed E-state index contributed by atoms with van der Waals surface area (Å²) in [6.07, 6.45) is 0. The van der Waals surface area contributed by atoms with Crippen molar-refractivity contribution in [3.8, 4) is 0 Å². The molecule has 0 amide bonds. The molecule has 0 aliphatic rings. The van der Waals surface area contributed by atoms with Crippen LogP contribution in [0.2, 0.25) is 0 Å². The third-order valence-corrected chi connectivity index (χ3v) is 8.09. The highest BCUT2D eigenvalue weighted by molar-refractivity contribution is 7.89. The Hall–Kier alpha value is -2.43.